The third-order valence-electron chi connectivity index (χ3n) is 4.61. The van der Waals surface area contributed by atoms with Crippen LogP contribution in [0, 0.1) is 5.92 Å². The summed E-state index contributed by atoms with van der Waals surface area (Å²) in [6, 6.07) is 1.93. The van der Waals surface area contributed by atoms with Crippen molar-refractivity contribution < 1.29 is 4.79 Å². The van der Waals surface area contributed by atoms with Crippen molar-refractivity contribution >= 4 is 27.5 Å². The van der Waals surface area contributed by atoms with Crippen LogP contribution in [0.2, 0.25) is 0 Å². The van der Waals surface area contributed by atoms with Gasteiger partial charge in [0.2, 0.25) is 5.91 Å². The van der Waals surface area contributed by atoms with E-state index in [9.17, 15) is 14.4 Å². The molecule has 0 bridgehead atoms. The smallest absolute Gasteiger partial charge is 0.328 e. The maximum absolute atomic E-state index is 12.3. The molecule has 2 aromatic rings. The molecule has 2 heterocycles. The first-order chi connectivity index (χ1) is 11.1. The molecule has 0 aromatic carbocycles. The van der Waals surface area contributed by atoms with Gasteiger partial charge in [0.05, 0.1) is 5.52 Å². The summed E-state index contributed by atoms with van der Waals surface area (Å²) in [7, 11) is 0. The number of hydrogen-bond donors (Lipinski definition) is 2. The van der Waals surface area contributed by atoms with Crippen molar-refractivity contribution in [3.05, 3.63) is 32.3 Å². The highest BCUT2D eigenvalue weighted by molar-refractivity contribution is 7.17. The van der Waals surface area contributed by atoms with Gasteiger partial charge >= 0.3 is 5.69 Å². The third kappa shape index (κ3) is 3.39. The molecule has 1 amide bonds. The summed E-state index contributed by atoms with van der Waals surface area (Å²) in [5.41, 5.74) is -0.223. The van der Waals surface area contributed by atoms with Gasteiger partial charge in [0.25, 0.3) is 5.56 Å². The highest BCUT2D eigenvalue weighted by Crippen LogP contribution is 2.23. The van der Waals surface area contributed by atoms with Crippen LogP contribution in [0.15, 0.2) is 21.0 Å². The predicted octanol–water partition coefficient (Wildman–Crippen LogP) is 1.84. The molecule has 2 unspecified atom stereocenters. The Kier molecular flexibility index (Phi) is 4.66. The summed E-state index contributed by atoms with van der Waals surface area (Å²) in [5.74, 6) is 0.391. The van der Waals surface area contributed by atoms with Gasteiger partial charge in [-0.3, -0.25) is 14.2 Å². The molecule has 2 aromatic heterocycles. The lowest BCUT2D eigenvalue weighted by Gasteiger charge is -2.29. The van der Waals surface area contributed by atoms with E-state index >= 15 is 0 Å². The second-order valence-corrected chi connectivity index (χ2v) is 7.15. The Bertz CT molecular complexity index is 820. The Hall–Kier alpha value is -1.89. The van der Waals surface area contributed by atoms with Crippen LogP contribution in [0.3, 0.4) is 0 Å². The van der Waals surface area contributed by atoms with Crippen LogP contribution in [-0.4, -0.2) is 21.5 Å². The molecule has 6 nitrogen and oxygen atoms in total. The first-order valence-electron chi connectivity index (χ1n) is 8.06. The summed E-state index contributed by atoms with van der Waals surface area (Å²) >= 11 is 1.30. The minimum atomic E-state index is -0.459. The van der Waals surface area contributed by atoms with Gasteiger partial charge in [0, 0.05) is 19.0 Å². The highest BCUT2D eigenvalue weighted by atomic mass is 32.1. The number of aromatic amines is 1. The van der Waals surface area contributed by atoms with Gasteiger partial charge in [-0.25, -0.2) is 4.79 Å². The van der Waals surface area contributed by atoms with Crippen molar-refractivity contribution in [2.45, 2.75) is 51.6 Å². The minimum absolute atomic E-state index is 0.0960. The molecule has 3 rings (SSSR count). The highest BCUT2D eigenvalue weighted by Gasteiger charge is 2.22. The van der Waals surface area contributed by atoms with Gasteiger partial charge in [0.1, 0.15) is 4.70 Å². The number of amides is 1. The summed E-state index contributed by atoms with van der Waals surface area (Å²) < 4.78 is 1.63. The number of thiophene rings is 1. The maximum Gasteiger partial charge on any atom is 0.328 e. The molecular formula is C16H21N3O3S. The summed E-state index contributed by atoms with van der Waals surface area (Å²) in [4.78, 5) is 39.1. The molecule has 0 aliphatic heterocycles. The zero-order valence-electron chi connectivity index (χ0n) is 13.1. The summed E-state index contributed by atoms with van der Waals surface area (Å²) in [5, 5.41) is 4.81. The van der Waals surface area contributed by atoms with Gasteiger partial charge in [-0.05, 0) is 30.2 Å². The second kappa shape index (κ2) is 6.70. The number of nitrogens with zero attached hydrogens (tertiary/aromatic N) is 1. The van der Waals surface area contributed by atoms with Crippen LogP contribution in [0.1, 0.15) is 39.0 Å². The Morgan fingerprint density at radius 1 is 1.39 bits per heavy atom. The Balaban J connectivity index is 1.67. The van der Waals surface area contributed by atoms with E-state index in [0.717, 1.165) is 23.8 Å². The molecule has 1 aliphatic rings. The number of aromatic nitrogens is 2. The summed E-state index contributed by atoms with van der Waals surface area (Å²) in [6.07, 6.45) is 4.65. The third-order valence-corrected chi connectivity index (χ3v) is 5.51. The standard InChI is InChI=1S/C16H21N3O3S/c1-10-4-2-3-5-11(10)17-13(20)6-8-19-15(21)14-12(7-9-23-14)18-16(19)22/h7,9-11H,2-6,8H2,1H3,(H,17,20)(H,18,22). The van der Waals surface area contributed by atoms with Crippen LogP contribution in [-0.2, 0) is 11.3 Å². The number of carbonyl (C=O) groups excluding carboxylic acids is 1. The van der Waals surface area contributed by atoms with Crippen molar-refractivity contribution in [2.24, 2.45) is 5.92 Å². The van der Waals surface area contributed by atoms with E-state index in [4.69, 9.17) is 0 Å². The largest absolute Gasteiger partial charge is 0.353 e. The zero-order chi connectivity index (χ0) is 16.4. The van der Waals surface area contributed by atoms with E-state index in [2.05, 4.69) is 17.2 Å². The van der Waals surface area contributed by atoms with Gasteiger partial charge < -0.3 is 10.3 Å². The minimum Gasteiger partial charge on any atom is -0.353 e. The quantitative estimate of drug-likeness (QED) is 0.894. The predicted molar refractivity (Wildman–Crippen MR) is 90.9 cm³/mol. The Morgan fingerprint density at radius 2 is 2.17 bits per heavy atom. The second-order valence-electron chi connectivity index (χ2n) is 6.24. The van der Waals surface area contributed by atoms with Crippen molar-refractivity contribution in [3.63, 3.8) is 0 Å². The van der Waals surface area contributed by atoms with Gasteiger partial charge in [-0.15, -0.1) is 11.3 Å². The van der Waals surface area contributed by atoms with E-state index in [1.807, 2.05) is 0 Å². The first kappa shape index (κ1) is 16.0. The average molecular weight is 335 g/mol. The van der Waals surface area contributed by atoms with Gasteiger partial charge in [-0.1, -0.05) is 19.8 Å². The summed E-state index contributed by atoms with van der Waals surface area (Å²) in [6.45, 7) is 2.26. The first-order valence-corrected chi connectivity index (χ1v) is 8.94. The molecule has 2 atom stereocenters. The van der Waals surface area contributed by atoms with Crippen LogP contribution in [0.4, 0.5) is 0 Å². The molecule has 0 saturated heterocycles. The Labute approximate surface area is 137 Å². The van der Waals surface area contributed by atoms with Crippen molar-refractivity contribution in [3.8, 4) is 0 Å². The lowest BCUT2D eigenvalue weighted by Crippen LogP contribution is -2.42. The monoisotopic (exact) mass is 335 g/mol. The molecule has 0 radical (unpaired) electrons. The fourth-order valence-corrected chi connectivity index (χ4v) is 3.99. The molecule has 23 heavy (non-hydrogen) atoms. The zero-order valence-corrected chi connectivity index (χ0v) is 13.9. The van der Waals surface area contributed by atoms with E-state index in [1.54, 1.807) is 11.4 Å². The number of carbonyl (C=O) groups is 1. The SMILES string of the molecule is CC1CCCCC1NC(=O)CCn1c(=O)[nH]c2ccsc2c1=O. The van der Waals surface area contributed by atoms with Gasteiger partial charge in [-0.2, -0.15) is 0 Å². The average Bonchev–Trinajstić information content (AvgIpc) is 2.98. The molecule has 0 spiro atoms. The van der Waals surface area contributed by atoms with Crippen LogP contribution < -0.4 is 16.6 Å². The van der Waals surface area contributed by atoms with Crippen molar-refractivity contribution in [2.75, 3.05) is 0 Å². The maximum atomic E-state index is 12.3. The van der Waals surface area contributed by atoms with Gasteiger partial charge in [0.15, 0.2) is 0 Å². The lowest BCUT2D eigenvalue weighted by molar-refractivity contribution is -0.122. The van der Waals surface area contributed by atoms with E-state index in [-0.39, 0.29) is 30.5 Å². The molecule has 2 N–H and O–H groups in total. The van der Waals surface area contributed by atoms with Crippen molar-refractivity contribution in [1.29, 1.82) is 0 Å². The van der Waals surface area contributed by atoms with Crippen LogP contribution in [0.25, 0.3) is 10.2 Å². The molecule has 1 aliphatic carbocycles. The molecule has 1 fully saturated rings. The van der Waals surface area contributed by atoms with Crippen molar-refractivity contribution in [1.82, 2.24) is 14.9 Å². The topological polar surface area (TPSA) is 84.0 Å². The van der Waals surface area contributed by atoms with E-state index in [0.29, 0.717) is 16.1 Å². The lowest BCUT2D eigenvalue weighted by atomic mass is 9.86. The number of nitrogens with one attached hydrogen (secondary N) is 2. The van der Waals surface area contributed by atoms with E-state index < -0.39 is 5.69 Å². The fraction of sp³-hybridized carbons (Fsp3) is 0.562. The molecule has 1 saturated carbocycles. The number of fused-ring (bicyclic) bond motifs is 1. The molecule has 124 valence electrons. The number of rotatable bonds is 4. The van der Waals surface area contributed by atoms with Crippen LogP contribution >= 0.6 is 11.3 Å². The van der Waals surface area contributed by atoms with E-state index in [1.165, 1.54) is 17.8 Å². The molecular weight excluding hydrogens is 314 g/mol. The molecule has 7 heteroatoms. The van der Waals surface area contributed by atoms with Crippen LogP contribution in [0.5, 0.6) is 0 Å². The fourth-order valence-electron chi connectivity index (χ4n) is 3.20. The number of hydrogen-bond acceptors (Lipinski definition) is 4. The number of H-pyrrole nitrogens is 1. The normalized spacial score (nSPS) is 21.4. The Morgan fingerprint density at radius 3 is 2.96 bits per heavy atom.